The predicted octanol–water partition coefficient (Wildman–Crippen LogP) is 3.57. The van der Waals surface area contributed by atoms with Gasteiger partial charge in [-0.3, -0.25) is 9.89 Å². The first-order chi connectivity index (χ1) is 11.0. The van der Waals surface area contributed by atoms with Gasteiger partial charge >= 0.3 is 0 Å². The molecule has 0 spiro atoms. The number of aryl methyl sites for hydroxylation is 2. The number of nitrogens with zero attached hydrogens (tertiary/aromatic N) is 2. The molecule has 2 aromatic heterocycles. The van der Waals surface area contributed by atoms with Crippen LogP contribution in [-0.2, 0) is 12.8 Å². The number of fused-ring (bicyclic) bond motifs is 1. The van der Waals surface area contributed by atoms with Gasteiger partial charge in [0.25, 0.3) is 5.91 Å². The summed E-state index contributed by atoms with van der Waals surface area (Å²) in [6, 6.07) is -0.0443. The van der Waals surface area contributed by atoms with E-state index in [0.29, 0.717) is 11.6 Å². The number of carbonyl (C=O) groups is 1. The number of aromatic amines is 1. The van der Waals surface area contributed by atoms with Crippen molar-refractivity contribution in [3.8, 4) is 0 Å². The maximum absolute atomic E-state index is 12.7. The van der Waals surface area contributed by atoms with E-state index in [1.807, 2.05) is 12.3 Å². The van der Waals surface area contributed by atoms with Gasteiger partial charge in [-0.15, -0.1) is 11.3 Å². The number of rotatable bonds is 5. The summed E-state index contributed by atoms with van der Waals surface area (Å²) in [6.45, 7) is 6.31. The summed E-state index contributed by atoms with van der Waals surface area (Å²) in [5.74, 6) is 0.403. The van der Waals surface area contributed by atoms with E-state index in [4.69, 9.17) is 0 Å². The van der Waals surface area contributed by atoms with Gasteiger partial charge in [-0.25, -0.2) is 4.98 Å². The van der Waals surface area contributed by atoms with Crippen molar-refractivity contribution in [2.24, 2.45) is 5.92 Å². The second-order valence-electron chi connectivity index (χ2n) is 6.72. The number of hydrogen-bond donors (Lipinski definition) is 2. The first-order valence-corrected chi connectivity index (χ1v) is 9.21. The smallest absolute Gasteiger partial charge is 0.272 e. The maximum atomic E-state index is 12.7. The zero-order chi connectivity index (χ0) is 16.4. The SMILES string of the molecule is Cc1csc(C(CC(C)C)NC(=O)c2n[nH]c3c2CCCC3)n1. The molecular formula is C17H24N4OS. The van der Waals surface area contributed by atoms with Crippen molar-refractivity contribution >= 4 is 17.2 Å². The molecule has 3 rings (SSSR count). The molecule has 6 heteroatoms. The molecule has 0 aromatic carbocycles. The normalized spacial score (nSPS) is 15.5. The van der Waals surface area contributed by atoms with E-state index < -0.39 is 0 Å². The van der Waals surface area contributed by atoms with Gasteiger partial charge < -0.3 is 5.32 Å². The lowest BCUT2D eigenvalue weighted by Crippen LogP contribution is -2.30. The molecule has 1 amide bonds. The van der Waals surface area contributed by atoms with Gasteiger partial charge in [-0.1, -0.05) is 13.8 Å². The summed E-state index contributed by atoms with van der Waals surface area (Å²) in [4.78, 5) is 17.3. The molecule has 2 aromatic rings. The Balaban J connectivity index is 1.79. The lowest BCUT2D eigenvalue weighted by molar-refractivity contribution is 0.0925. The summed E-state index contributed by atoms with van der Waals surface area (Å²) in [5, 5.41) is 13.5. The highest BCUT2D eigenvalue weighted by Gasteiger charge is 2.25. The molecule has 2 N–H and O–H groups in total. The number of nitrogens with one attached hydrogen (secondary N) is 2. The molecule has 0 fully saturated rings. The molecule has 124 valence electrons. The van der Waals surface area contributed by atoms with E-state index in [-0.39, 0.29) is 11.9 Å². The first kappa shape index (κ1) is 16.2. The lowest BCUT2D eigenvalue weighted by atomic mass is 9.95. The summed E-state index contributed by atoms with van der Waals surface area (Å²) in [5.41, 5.74) is 3.81. The Hall–Kier alpha value is -1.69. The van der Waals surface area contributed by atoms with Crippen LogP contribution in [0.15, 0.2) is 5.38 Å². The van der Waals surface area contributed by atoms with Crippen LogP contribution < -0.4 is 5.32 Å². The molecule has 1 aliphatic rings. The first-order valence-electron chi connectivity index (χ1n) is 8.33. The predicted molar refractivity (Wildman–Crippen MR) is 91.7 cm³/mol. The van der Waals surface area contributed by atoms with Gasteiger partial charge in [-0.05, 0) is 44.9 Å². The second-order valence-corrected chi connectivity index (χ2v) is 7.61. The van der Waals surface area contributed by atoms with Gasteiger partial charge in [0.2, 0.25) is 0 Å². The fourth-order valence-corrected chi connectivity index (χ4v) is 3.98. The van der Waals surface area contributed by atoms with Crippen molar-refractivity contribution in [3.63, 3.8) is 0 Å². The van der Waals surface area contributed by atoms with Crippen LogP contribution in [0.25, 0.3) is 0 Å². The zero-order valence-corrected chi connectivity index (χ0v) is 14.8. The van der Waals surface area contributed by atoms with Crippen LogP contribution in [0.3, 0.4) is 0 Å². The molecule has 0 radical (unpaired) electrons. The van der Waals surface area contributed by atoms with Gasteiger partial charge in [-0.2, -0.15) is 5.10 Å². The summed E-state index contributed by atoms with van der Waals surface area (Å²) >= 11 is 1.61. The molecule has 5 nitrogen and oxygen atoms in total. The van der Waals surface area contributed by atoms with E-state index in [1.165, 1.54) is 6.42 Å². The number of aromatic nitrogens is 3. The Morgan fingerprint density at radius 1 is 1.39 bits per heavy atom. The van der Waals surface area contributed by atoms with Crippen LogP contribution in [0.2, 0.25) is 0 Å². The van der Waals surface area contributed by atoms with Gasteiger partial charge in [0.05, 0.1) is 6.04 Å². The van der Waals surface area contributed by atoms with Crippen LogP contribution in [0.5, 0.6) is 0 Å². The molecule has 1 unspecified atom stereocenters. The number of amides is 1. The fraction of sp³-hybridized carbons (Fsp3) is 0.588. The lowest BCUT2D eigenvalue weighted by Gasteiger charge is -2.19. The van der Waals surface area contributed by atoms with Crippen LogP contribution >= 0.6 is 11.3 Å². The van der Waals surface area contributed by atoms with Crippen molar-refractivity contribution in [2.75, 3.05) is 0 Å². The third kappa shape index (κ3) is 3.63. The van der Waals surface area contributed by atoms with Crippen molar-refractivity contribution in [1.29, 1.82) is 0 Å². The van der Waals surface area contributed by atoms with E-state index >= 15 is 0 Å². The van der Waals surface area contributed by atoms with E-state index in [0.717, 1.165) is 47.6 Å². The maximum Gasteiger partial charge on any atom is 0.272 e. The molecule has 1 atom stereocenters. The van der Waals surface area contributed by atoms with Gasteiger partial charge in [0.15, 0.2) is 5.69 Å². The Morgan fingerprint density at radius 3 is 2.87 bits per heavy atom. The molecule has 23 heavy (non-hydrogen) atoms. The molecular weight excluding hydrogens is 308 g/mol. The minimum absolute atomic E-state index is 0.0443. The summed E-state index contributed by atoms with van der Waals surface area (Å²) < 4.78 is 0. The standard InChI is InChI=1S/C17H24N4OS/c1-10(2)8-14(17-18-11(3)9-23-17)19-16(22)15-12-6-4-5-7-13(12)20-21-15/h9-10,14H,4-8H2,1-3H3,(H,19,22)(H,20,21). The van der Waals surface area contributed by atoms with Crippen molar-refractivity contribution in [2.45, 2.75) is 58.9 Å². The Kier molecular flexibility index (Phi) is 4.80. The van der Waals surface area contributed by atoms with Crippen LogP contribution in [-0.4, -0.2) is 21.1 Å². The van der Waals surface area contributed by atoms with Crippen LogP contribution in [0.1, 0.15) is 71.6 Å². The monoisotopic (exact) mass is 332 g/mol. The van der Waals surface area contributed by atoms with Gasteiger partial charge in [0.1, 0.15) is 5.01 Å². The summed E-state index contributed by atoms with van der Waals surface area (Å²) in [6.07, 6.45) is 5.13. The second kappa shape index (κ2) is 6.83. The van der Waals surface area contributed by atoms with E-state index in [9.17, 15) is 4.79 Å². The molecule has 0 aliphatic heterocycles. The molecule has 0 bridgehead atoms. The highest BCUT2D eigenvalue weighted by Crippen LogP contribution is 2.26. The highest BCUT2D eigenvalue weighted by atomic mass is 32.1. The number of hydrogen-bond acceptors (Lipinski definition) is 4. The number of thiazole rings is 1. The van der Waals surface area contributed by atoms with E-state index in [2.05, 4.69) is 34.3 Å². The molecule has 0 saturated carbocycles. The third-order valence-electron chi connectivity index (χ3n) is 4.22. The average Bonchev–Trinajstić information content (AvgIpc) is 3.12. The topological polar surface area (TPSA) is 70.7 Å². The largest absolute Gasteiger partial charge is 0.341 e. The Bertz CT molecular complexity index is 689. The molecule has 1 aliphatic carbocycles. The van der Waals surface area contributed by atoms with Crippen LogP contribution in [0.4, 0.5) is 0 Å². The molecule has 2 heterocycles. The minimum atomic E-state index is -0.0806. The van der Waals surface area contributed by atoms with Gasteiger partial charge in [0, 0.05) is 22.3 Å². The highest BCUT2D eigenvalue weighted by molar-refractivity contribution is 7.09. The van der Waals surface area contributed by atoms with Crippen molar-refractivity contribution in [3.05, 3.63) is 33.0 Å². The fourth-order valence-electron chi connectivity index (χ4n) is 3.12. The number of carbonyl (C=O) groups excluding carboxylic acids is 1. The Labute approximate surface area is 140 Å². The molecule has 0 saturated heterocycles. The number of H-pyrrole nitrogens is 1. The quantitative estimate of drug-likeness (QED) is 0.879. The van der Waals surface area contributed by atoms with Crippen molar-refractivity contribution in [1.82, 2.24) is 20.5 Å². The van der Waals surface area contributed by atoms with Crippen molar-refractivity contribution < 1.29 is 4.79 Å². The average molecular weight is 332 g/mol. The minimum Gasteiger partial charge on any atom is -0.341 e. The summed E-state index contributed by atoms with van der Waals surface area (Å²) in [7, 11) is 0. The Morgan fingerprint density at radius 2 is 2.17 bits per heavy atom. The van der Waals surface area contributed by atoms with E-state index in [1.54, 1.807) is 11.3 Å². The van der Waals surface area contributed by atoms with Crippen LogP contribution in [0, 0.1) is 12.8 Å². The third-order valence-corrected chi connectivity index (χ3v) is 5.29. The zero-order valence-electron chi connectivity index (χ0n) is 14.0.